The minimum atomic E-state index is -3.39. The van der Waals surface area contributed by atoms with Crippen molar-refractivity contribution in [1.29, 1.82) is 0 Å². The number of aryl methyl sites for hydroxylation is 1. The molecule has 0 N–H and O–H groups in total. The summed E-state index contributed by atoms with van der Waals surface area (Å²) in [7, 11) is -3.39. The molecule has 3 rings (SSSR count). The maximum atomic E-state index is 12.8. The Hall–Kier alpha value is -1.92. The van der Waals surface area contributed by atoms with Gasteiger partial charge in [0.05, 0.1) is 16.6 Å². The van der Waals surface area contributed by atoms with Crippen molar-refractivity contribution in [2.75, 3.05) is 18.8 Å². The van der Waals surface area contributed by atoms with E-state index in [1.807, 2.05) is 0 Å². The molecule has 0 radical (unpaired) electrons. The zero-order valence-electron chi connectivity index (χ0n) is 13.9. The molecule has 0 aliphatic carbocycles. The third kappa shape index (κ3) is 3.70. The Bertz CT molecular complexity index is 899. The number of carbonyl (C=O) groups excluding carboxylic acids is 1. The van der Waals surface area contributed by atoms with E-state index in [0.717, 1.165) is 0 Å². The molecule has 7 heteroatoms. The van der Waals surface area contributed by atoms with Crippen LogP contribution in [0.3, 0.4) is 0 Å². The van der Waals surface area contributed by atoms with Crippen LogP contribution in [0.5, 0.6) is 0 Å². The third-order valence-corrected chi connectivity index (χ3v) is 6.97. The molecule has 5 nitrogen and oxygen atoms in total. The summed E-state index contributed by atoms with van der Waals surface area (Å²) in [6.07, 6.45) is 1.96. The van der Waals surface area contributed by atoms with Gasteiger partial charge in [0, 0.05) is 30.0 Å². The molecule has 1 amide bonds. The molecule has 25 heavy (non-hydrogen) atoms. The highest BCUT2D eigenvalue weighted by Crippen LogP contribution is 2.34. The van der Waals surface area contributed by atoms with Crippen LogP contribution < -0.4 is 0 Å². The summed E-state index contributed by atoms with van der Waals surface area (Å²) in [5, 5.41) is -0.243. The number of rotatable bonds is 2. The molecule has 1 atom stereocenters. The van der Waals surface area contributed by atoms with Crippen molar-refractivity contribution in [2.24, 2.45) is 0 Å². The lowest BCUT2D eigenvalue weighted by Gasteiger charge is -2.20. The van der Waals surface area contributed by atoms with Gasteiger partial charge < -0.3 is 4.90 Å². The molecule has 1 aliphatic heterocycles. The van der Waals surface area contributed by atoms with Gasteiger partial charge in [-0.25, -0.2) is 8.42 Å². The zero-order chi connectivity index (χ0) is 18.0. The second kappa shape index (κ2) is 7.14. The Morgan fingerprint density at radius 1 is 1.20 bits per heavy atom. The minimum absolute atomic E-state index is 0.0755. The molecule has 132 valence electrons. The van der Waals surface area contributed by atoms with Crippen molar-refractivity contribution in [2.45, 2.75) is 18.6 Å². The summed E-state index contributed by atoms with van der Waals surface area (Å²) >= 11 is 6.20. The zero-order valence-corrected chi connectivity index (χ0v) is 15.4. The van der Waals surface area contributed by atoms with Crippen molar-refractivity contribution in [3.63, 3.8) is 0 Å². The fraction of sp³-hybridized carbons (Fsp3) is 0.333. The van der Waals surface area contributed by atoms with Gasteiger partial charge in [0.15, 0.2) is 9.84 Å². The number of hydrogen-bond acceptors (Lipinski definition) is 4. The van der Waals surface area contributed by atoms with Gasteiger partial charge in [-0.3, -0.25) is 9.78 Å². The molecular formula is C18H19ClN2O3S. The number of amides is 1. The Balaban J connectivity index is 1.87. The molecule has 0 bridgehead atoms. The van der Waals surface area contributed by atoms with Crippen molar-refractivity contribution in [1.82, 2.24) is 9.88 Å². The lowest BCUT2D eigenvalue weighted by molar-refractivity contribution is 0.0765. The first-order chi connectivity index (χ1) is 11.9. The molecule has 1 fully saturated rings. The van der Waals surface area contributed by atoms with Gasteiger partial charge in [-0.05, 0) is 37.1 Å². The molecule has 1 aliphatic rings. The Morgan fingerprint density at radius 2 is 1.96 bits per heavy atom. The highest BCUT2D eigenvalue weighted by atomic mass is 35.5. The number of aromatic nitrogens is 1. The molecule has 1 saturated heterocycles. The summed E-state index contributed by atoms with van der Waals surface area (Å²) in [4.78, 5) is 18.5. The van der Waals surface area contributed by atoms with Gasteiger partial charge in [0.2, 0.25) is 0 Å². The fourth-order valence-corrected chi connectivity index (χ4v) is 5.26. The van der Waals surface area contributed by atoms with E-state index in [-0.39, 0.29) is 18.2 Å². The van der Waals surface area contributed by atoms with Crippen molar-refractivity contribution >= 4 is 27.3 Å². The molecule has 2 heterocycles. The van der Waals surface area contributed by atoms with Crippen LogP contribution in [0.2, 0.25) is 5.02 Å². The van der Waals surface area contributed by atoms with Crippen molar-refractivity contribution in [3.05, 3.63) is 64.4 Å². The number of nitrogens with zero attached hydrogens (tertiary/aromatic N) is 2. The second-order valence-electron chi connectivity index (χ2n) is 6.09. The quantitative estimate of drug-likeness (QED) is 0.805. The van der Waals surface area contributed by atoms with Gasteiger partial charge in [0.1, 0.15) is 0 Å². The molecule has 2 aromatic rings. The largest absolute Gasteiger partial charge is 0.338 e. The van der Waals surface area contributed by atoms with Gasteiger partial charge >= 0.3 is 0 Å². The molecule has 0 spiro atoms. The highest BCUT2D eigenvalue weighted by molar-refractivity contribution is 7.91. The van der Waals surface area contributed by atoms with Crippen LogP contribution >= 0.6 is 11.6 Å². The van der Waals surface area contributed by atoms with Crippen molar-refractivity contribution in [3.8, 4) is 0 Å². The standard InChI is InChI=1S/C18H19ClN2O3S/c1-13-14(6-4-9-20-13)18(22)21-10-8-17(25(23,24)12-11-21)15-5-2-3-7-16(15)19/h2-7,9,17H,8,10-12H2,1H3. The maximum Gasteiger partial charge on any atom is 0.255 e. The average Bonchev–Trinajstić information content (AvgIpc) is 2.74. The predicted octanol–water partition coefficient (Wildman–Crippen LogP) is 3.05. The van der Waals surface area contributed by atoms with E-state index in [0.29, 0.717) is 34.8 Å². The lowest BCUT2D eigenvalue weighted by Crippen LogP contribution is -2.34. The Labute approximate surface area is 152 Å². The average molecular weight is 379 g/mol. The van der Waals surface area contributed by atoms with E-state index in [4.69, 9.17) is 11.6 Å². The lowest BCUT2D eigenvalue weighted by atomic mass is 10.1. The van der Waals surface area contributed by atoms with Crippen LogP contribution in [0.15, 0.2) is 42.6 Å². The summed E-state index contributed by atoms with van der Waals surface area (Å²) < 4.78 is 25.4. The van der Waals surface area contributed by atoms with Gasteiger partial charge in [-0.2, -0.15) is 0 Å². The van der Waals surface area contributed by atoms with Crippen LogP contribution in [0.4, 0.5) is 0 Å². The minimum Gasteiger partial charge on any atom is -0.338 e. The maximum absolute atomic E-state index is 12.8. The number of halogens is 1. The summed E-state index contributed by atoms with van der Waals surface area (Å²) in [5.41, 5.74) is 1.76. The molecule has 1 aromatic heterocycles. The van der Waals surface area contributed by atoms with Crippen LogP contribution in [0, 0.1) is 6.92 Å². The number of carbonyl (C=O) groups is 1. The highest BCUT2D eigenvalue weighted by Gasteiger charge is 2.34. The van der Waals surface area contributed by atoms with E-state index in [1.165, 1.54) is 0 Å². The fourth-order valence-electron chi connectivity index (χ4n) is 3.11. The first-order valence-electron chi connectivity index (χ1n) is 8.07. The van der Waals surface area contributed by atoms with Crippen molar-refractivity contribution < 1.29 is 13.2 Å². The Kier molecular flexibility index (Phi) is 5.11. The van der Waals surface area contributed by atoms with Gasteiger partial charge in [-0.1, -0.05) is 29.8 Å². The van der Waals surface area contributed by atoms with E-state index in [2.05, 4.69) is 4.98 Å². The summed E-state index contributed by atoms with van der Waals surface area (Å²) in [5.74, 6) is -0.255. The number of hydrogen-bond donors (Lipinski definition) is 0. The molecule has 1 aromatic carbocycles. The molecule has 1 unspecified atom stereocenters. The SMILES string of the molecule is Cc1ncccc1C(=O)N1CCC(c2ccccc2Cl)S(=O)(=O)CC1. The summed E-state index contributed by atoms with van der Waals surface area (Å²) in [6, 6.07) is 10.4. The predicted molar refractivity (Wildman–Crippen MR) is 97.5 cm³/mol. The monoisotopic (exact) mass is 378 g/mol. The summed E-state index contributed by atoms with van der Waals surface area (Å²) in [6.45, 7) is 2.31. The van der Waals surface area contributed by atoms with E-state index in [1.54, 1.807) is 54.4 Å². The molecule has 0 saturated carbocycles. The van der Waals surface area contributed by atoms with Gasteiger partial charge in [0.25, 0.3) is 5.91 Å². The smallest absolute Gasteiger partial charge is 0.255 e. The Morgan fingerprint density at radius 3 is 2.68 bits per heavy atom. The first-order valence-corrected chi connectivity index (χ1v) is 10.2. The van der Waals surface area contributed by atoms with Crippen LogP contribution in [-0.4, -0.2) is 43.1 Å². The number of sulfone groups is 1. The van der Waals surface area contributed by atoms with E-state index < -0.39 is 15.1 Å². The third-order valence-electron chi connectivity index (χ3n) is 4.52. The normalized spacial score (nSPS) is 20.1. The van der Waals surface area contributed by atoms with E-state index >= 15 is 0 Å². The first kappa shape index (κ1) is 17.9. The molecular weight excluding hydrogens is 360 g/mol. The van der Waals surface area contributed by atoms with Crippen LogP contribution in [0.25, 0.3) is 0 Å². The van der Waals surface area contributed by atoms with Crippen LogP contribution in [0.1, 0.15) is 33.3 Å². The topological polar surface area (TPSA) is 67.3 Å². The number of benzene rings is 1. The van der Waals surface area contributed by atoms with Gasteiger partial charge in [-0.15, -0.1) is 0 Å². The number of pyridine rings is 1. The van der Waals surface area contributed by atoms with E-state index in [9.17, 15) is 13.2 Å². The second-order valence-corrected chi connectivity index (χ2v) is 8.80. The van der Waals surface area contributed by atoms with Crippen LogP contribution in [-0.2, 0) is 9.84 Å².